The van der Waals surface area contributed by atoms with E-state index in [-0.39, 0.29) is 0 Å². The molecule has 0 fully saturated rings. The summed E-state index contributed by atoms with van der Waals surface area (Å²) in [5.74, 6) is -0.570. The van der Waals surface area contributed by atoms with Crippen LogP contribution in [0.25, 0.3) is 10.9 Å². The molecule has 4 nitrogen and oxygen atoms in total. The number of aryl methyl sites for hydroxylation is 2. The summed E-state index contributed by atoms with van der Waals surface area (Å²) in [6, 6.07) is 5.45. The number of aromatic nitrogens is 1. The summed E-state index contributed by atoms with van der Waals surface area (Å²) in [5, 5.41) is 0.473. The van der Waals surface area contributed by atoms with E-state index in [1.54, 1.807) is 12.1 Å². The van der Waals surface area contributed by atoms with Gasteiger partial charge in [0.15, 0.2) is 0 Å². The fraction of sp³-hybridized carbons (Fsp3) is 0.385. The summed E-state index contributed by atoms with van der Waals surface area (Å²) >= 11 is 0. The lowest BCUT2D eigenvalue weighted by molar-refractivity contribution is 0.412. The third-order valence-electron chi connectivity index (χ3n) is 2.80. The number of nitrogens with zero attached hydrogens (tertiary/aromatic N) is 1. The molecule has 2 rings (SSSR count). The maximum Gasteiger partial charge on any atom is 0.422 e. The van der Waals surface area contributed by atoms with Gasteiger partial charge in [-0.25, -0.2) is 9.59 Å². The Balaban J connectivity index is 2.74. The van der Waals surface area contributed by atoms with Crippen LogP contribution < -0.4 is 11.4 Å². The van der Waals surface area contributed by atoms with Gasteiger partial charge in [-0.05, 0) is 25.5 Å². The van der Waals surface area contributed by atoms with Crippen LogP contribution in [0, 0.1) is 6.92 Å². The van der Waals surface area contributed by atoms with Crippen molar-refractivity contribution in [1.82, 2.24) is 4.57 Å². The zero-order valence-corrected chi connectivity index (χ0v) is 10.0. The minimum atomic E-state index is -0.570. The largest absolute Gasteiger partial charge is 0.422 e. The van der Waals surface area contributed by atoms with Crippen LogP contribution in [0.15, 0.2) is 32.2 Å². The molecule has 0 spiro atoms. The second-order valence-corrected chi connectivity index (χ2v) is 4.18. The van der Waals surface area contributed by atoms with Crippen LogP contribution >= 0.6 is 0 Å². The summed E-state index contributed by atoms with van der Waals surface area (Å²) in [6.45, 7) is 4.54. The third-order valence-corrected chi connectivity index (χ3v) is 2.80. The van der Waals surface area contributed by atoms with Gasteiger partial charge in [-0.2, -0.15) is 0 Å². The maximum atomic E-state index is 11.6. The lowest BCUT2D eigenvalue weighted by atomic mass is 10.1. The molecular weight excluding hydrogens is 218 g/mol. The van der Waals surface area contributed by atoms with Crippen molar-refractivity contribution in [1.29, 1.82) is 0 Å². The SMILES string of the molecule is CCCCn1c(=O)oc(=O)c2cc(C)ccc21. The van der Waals surface area contributed by atoms with Crippen molar-refractivity contribution in [2.24, 2.45) is 0 Å². The molecule has 0 N–H and O–H groups in total. The second-order valence-electron chi connectivity index (χ2n) is 4.18. The standard InChI is InChI=1S/C13H15NO3/c1-3-4-7-14-11-6-5-9(2)8-10(11)12(15)17-13(14)16/h5-6,8H,3-4,7H2,1-2H3. The first-order valence-corrected chi connectivity index (χ1v) is 5.78. The molecule has 0 unspecified atom stereocenters. The topological polar surface area (TPSA) is 52.2 Å². The maximum absolute atomic E-state index is 11.6. The molecule has 90 valence electrons. The van der Waals surface area contributed by atoms with E-state index in [0.29, 0.717) is 17.4 Å². The van der Waals surface area contributed by atoms with Gasteiger partial charge in [0.1, 0.15) is 0 Å². The van der Waals surface area contributed by atoms with E-state index in [4.69, 9.17) is 4.42 Å². The van der Waals surface area contributed by atoms with Crippen LogP contribution in [0.5, 0.6) is 0 Å². The van der Waals surface area contributed by atoms with Gasteiger partial charge in [-0.3, -0.25) is 4.57 Å². The highest BCUT2D eigenvalue weighted by Gasteiger charge is 2.08. The molecule has 0 aliphatic carbocycles. The Hall–Kier alpha value is -1.84. The van der Waals surface area contributed by atoms with Crippen molar-refractivity contribution < 1.29 is 4.42 Å². The molecule has 0 saturated heterocycles. The van der Waals surface area contributed by atoms with E-state index < -0.39 is 11.4 Å². The average Bonchev–Trinajstić information content (AvgIpc) is 2.29. The van der Waals surface area contributed by atoms with E-state index in [2.05, 4.69) is 6.92 Å². The lowest BCUT2D eigenvalue weighted by Crippen LogP contribution is -2.25. The Morgan fingerprint density at radius 2 is 2.06 bits per heavy atom. The van der Waals surface area contributed by atoms with Crippen molar-refractivity contribution in [2.75, 3.05) is 0 Å². The second kappa shape index (κ2) is 4.57. The average molecular weight is 233 g/mol. The molecule has 1 aromatic carbocycles. The van der Waals surface area contributed by atoms with Crippen LogP contribution in [0.3, 0.4) is 0 Å². The van der Waals surface area contributed by atoms with Gasteiger partial charge in [0, 0.05) is 6.54 Å². The van der Waals surface area contributed by atoms with Crippen LogP contribution in [-0.4, -0.2) is 4.57 Å². The minimum Gasteiger partial charge on any atom is -0.372 e. The molecule has 0 aliphatic heterocycles. The summed E-state index contributed by atoms with van der Waals surface area (Å²) in [7, 11) is 0. The lowest BCUT2D eigenvalue weighted by Gasteiger charge is -2.07. The fourth-order valence-corrected chi connectivity index (χ4v) is 1.86. The van der Waals surface area contributed by atoms with Crippen LogP contribution in [0.2, 0.25) is 0 Å². The Morgan fingerprint density at radius 3 is 2.76 bits per heavy atom. The number of unbranched alkanes of at least 4 members (excludes halogenated alkanes) is 1. The molecule has 0 amide bonds. The van der Waals surface area contributed by atoms with Crippen molar-refractivity contribution in [3.63, 3.8) is 0 Å². The normalized spacial score (nSPS) is 10.9. The summed E-state index contributed by atoms with van der Waals surface area (Å²) in [4.78, 5) is 23.2. The predicted molar refractivity (Wildman–Crippen MR) is 66.4 cm³/mol. The smallest absolute Gasteiger partial charge is 0.372 e. The first-order valence-electron chi connectivity index (χ1n) is 5.78. The Bertz CT molecular complexity index is 652. The summed E-state index contributed by atoms with van der Waals surface area (Å²) < 4.78 is 6.25. The molecule has 0 radical (unpaired) electrons. The van der Waals surface area contributed by atoms with Gasteiger partial charge >= 0.3 is 11.4 Å². The van der Waals surface area contributed by atoms with E-state index in [0.717, 1.165) is 18.4 Å². The Labute approximate surface area is 98.5 Å². The van der Waals surface area contributed by atoms with Gasteiger partial charge in [0.25, 0.3) is 0 Å². The van der Waals surface area contributed by atoms with E-state index >= 15 is 0 Å². The highest BCUT2D eigenvalue weighted by molar-refractivity contribution is 5.78. The molecule has 0 bridgehead atoms. The molecule has 0 atom stereocenters. The van der Waals surface area contributed by atoms with Gasteiger partial charge in [0.2, 0.25) is 0 Å². The molecule has 0 saturated carbocycles. The van der Waals surface area contributed by atoms with Gasteiger partial charge in [-0.15, -0.1) is 0 Å². The van der Waals surface area contributed by atoms with Crippen LogP contribution in [0.1, 0.15) is 25.3 Å². The molecular formula is C13H15NO3. The molecule has 2 aromatic rings. The van der Waals surface area contributed by atoms with Crippen molar-refractivity contribution in [3.05, 3.63) is 44.7 Å². The Morgan fingerprint density at radius 1 is 1.29 bits per heavy atom. The third kappa shape index (κ3) is 2.16. The van der Waals surface area contributed by atoms with Crippen molar-refractivity contribution in [3.8, 4) is 0 Å². The quantitative estimate of drug-likeness (QED) is 0.815. The number of hydrogen-bond acceptors (Lipinski definition) is 3. The monoisotopic (exact) mass is 233 g/mol. The highest BCUT2D eigenvalue weighted by Crippen LogP contribution is 2.11. The number of benzene rings is 1. The molecule has 1 heterocycles. The zero-order valence-electron chi connectivity index (χ0n) is 10.0. The number of fused-ring (bicyclic) bond motifs is 1. The fourth-order valence-electron chi connectivity index (χ4n) is 1.86. The van der Waals surface area contributed by atoms with E-state index in [1.165, 1.54) is 4.57 Å². The highest BCUT2D eigenvalue weighted by atomic mass is 16.4. The van der Waals surface area contributed by atoms with Gasteiger partial charge < -0.3 is 4.42 Å². The predicted octanol–water partition coefficient (Wildman–Crippen LogP) is 2.06. The van der Waals surface area contributed by atoms with Crippen LogP contribution in [-0.2, 0) is 6.54 Å². The van der Waals surface area contributed by atoms with Gasteiger partial charge in [0.05, 0.1) is 10.9 Å². The molecule has 17 heavy (non-hydrogen) atoms. The summed E-state index contributed by atoms with van der Waals surface area (Å²) in [6.07, 6.45) is 1.87. The van der Waals surface area contributed by atoms with E-state index in [1.807, 2.05) is 13.0 Å². The zero-order chi connectivity index (χ0) is 12.4. The number of rotatable bonds is 3. The Kier molecular flexibility index (Phi) is 3.13. The molecule has 0 aliphatic rings. The van der Waals surface area contributed by atoms with Crippen LogP contribution in [0.4, 0.5) is 0 Å². The molecule has 1 aromatic heterocycles. The van der Waals surface area contributed by atoms with Crippen molar-refractivity contribution in [2.45, 2.75) is 33.2 Å². The van der Waals surface area contributed by atoms with E-state index in [9.17, 15) is 9.59 Å². The van der Waals surface area contributed by atoms with Crippen molar-refractivity contribution >= 4 is 10.9 Å². The first kappa shape index (κ1) is 11.6. The first-order chi connectivity index (χ1) is 8.13. The molecule has 4 heteroatoms. The number of hydrogen-bond donors (Lipinski definition) is 0. The van der Waals surface area contributed by atoms with Gasteiger partial charge in [-0.1, -0.05) is 25.0 Å². The summed E-state index contributed by atoms with van der Waals surface area (Å²) in [5.41, 5.74) is 1.08. The minimum absolute atomic E-state index is 0.473.